The topological polar surface area (TPSA) is 15.3 Å². The first-order chi connectivity index (χ1) is 10.4. The number of piperidine rings is 1. The van der Waals surface area contributed by atoms with Gasteiger partial charge in [-0.3, -0.25) is 4.90 Å². The summed E-state index contributed by atoms with van der Waals surface area (Å²) in [6.45, 7) is 3.93. The Kier molecular flexibility index (Phi) is 6.42. The maximum Gasteiger partial charge on any atom is 0.0263 e. The zero-order valence-electron chi connectivity index (χ0n) is 14.0. The summed E-state index contributed by atoms with van der Waals surface area (Å²) in [5.74, 6) is 0.958. The van der Waals surface area contributed by atoms with E-state index in [2.05, 4.69) is 10.2 Å². The molecule has 3 fully saturated rings. The summed E-state index contributed by atoms with van der Waals surface area (Å²) in [5, 5.41) is 3.66. The summed E-state index contributed by atoms with van der Waals surface area (Å²) in [6, 6.07) is 1.77. The fourth-order valence-electron chi connectivity index (χ4n) is 5.03. The molecule has 2 heteroatoms. The van der Waals surface area contributed by atoms with E-state index < -0.39 is 0 Å². The predicted octanol–water partition coefficient (Wildman–Crippen LogP) is 4.34. The number of nitrogens with zero attached hydrogens (tertiary/aromatic N) is 1. The summed E-state index contributed by atoms with van der Waals surface area (Å²) in [4.78, 5) is 2.94. The second-order valence-electron chi connectivity index (χ2n) is 7.78. The Balaban J connectivity index is 1.56. The maximum absolute atomic E-state index is 3.66. The molecule has 0 amide bonds. The lowest BCUT2D eigenvalue weighted by Gasteiger charge is -2.42. The van der Waals surface area contributed by atoms with Gasteiger partial charge >= 0.3 is 0 Å². The van der Waals surface area contributed by atoms with Gasteiger partial charge in [0.15, 0.2) is 0 Å². The van der Waals surface area contributed by atoms with Crippen LogP contribution in [0.2, 0.25) is 0 Å². The van der Waals surface area contributed by atoms with E-state index in [0.717, 1.165) is 18.0 Å². The molecule has 2 unspecified atom stereocenters. The molecule has 0 aromatic carbocycles. The second kappa shape index (κ2) is 8.53. The van der Waals surface area contributed by atoms with Crippen LogP contribution in [0.4, 0.5) is 0 Å². The molecule has 0 spiro atoms. The zero-order valence-corrected chi connectivity index (χ0v) is 14.0. The molecule has 0 bridgehead atoms. The van der Waals surface area contributed by atoms with Crippen molar-refractivity contribution in [3.05, 3.63) is 0 Å². The van der Waals surface area contributed by atoms with Crippen molar-refractivity contribution in [3.63, 3.8) is 0 Å². The van der Waals surface area contributed by atoms with E-state index in [1.54, 1.807) is 0 Å². The van der Waals surface area contributed by atoms with Crippen molar-refractivity contribution in [2.24, 2.45) is 5.92 Å². The van der Waals surface area contributed by atoms with Crippen molar-refractivity contribution in [2.75, 3.05) is 19.6 Å². The molecule has 2 heterocycles. The molecular weight excluding hydrogens is 256 g/mol. The van der Waals surface area contributed by atoms with Crippen LogP contribution in [0.25, 0.3) is 0 Å². The van der Waals surface area contributed by atoms with Gasteiger partial charge in [0.25, 0.3) is 0 Å². The summed E-state index contributed by atoms with van der Waals surface area (Å²) < 4.78 is 0. The smallest absolute Gasteiger partial charge is 0.0263 e. The highest BCUT2D eigenvalue weighted by molar-refractivity contribution is 4.94. The molecule has 0 aromatic heterocycles. The SMILES string of the molecule is C1CCCCCC(N2CCCC3CNCC32)CCCCC1. The Labute approximate surface area is 132 Å². The molecule has 2 nitrogen and oxygen atoms in total. The van der Waals surface area contributed by atoms with Crippen molar-refractivity contribution in [1.29, 1.82) is 0 Å². The molecule has 0 radical (unpaired) electrons. The minimum absolute atomic E-state index is 0.872. The largest absolute Gasteiger partial charge is 0.315 e. The lowest BCUT2D eigenvalue weighted by atomic mass is 9.88. The normalized spacial score (nSPS) is 34.9. The fourth-order valence-corrected chi connectivity index (χ4v) is 5.03. The van der Waals surface area contributed by atoms with Gasteiger partial charge in [-0.2, -0.15) is 0 Å². The Morgan fingerprint density at radius 3 is 1.90 bits per heavy atom. The molecule has 2 saturated heterocycles. The first-order valence-electron chi connectivity index (χ1n) is 9.91. The first-order valence-corrected chi connectivity index (χ1v) is 9.91. The molecule has 1 N–H and O–H groups in total. The zero-order chi connectivity index (χ0) is 14.3. The highest BCUT2D eigenvalue weighted by Gasteiger charge is 2.37. The second-order valence-corrected chi connectivity index (χ2v) is 7.78. The van der Waals surface area contributed by atoms with Crippen LogP contribution in [-0.2, 0) is 0 Å². The van der Waals surface area contributed by atoms with Crippen LogP contribution in [0.3, 0.4) is 0 Å². The average Bonchev–Trinajstić information content (AvgIpc) is 2.96. The standard InChI is InChI=1S/C19H36N2/c1-2-4-6-8-12-18(13-9-7-5-3-1)21-14-10-11-17-15-20-16-19(17)21/h17-20H,1-16H2. The number of likely N-dealkylation sites (tertiary alicyclic amines) is 1. The van der Waals surface area contributed by atoms with Gasteiger partial charge in [0.2, 0.25) is 0 Å². The Morgan fingerprint density at radius 1 is 0.619 bits per heavy atom. The monoisotopic (exact) mass is 292 g/mol. The van der Waals surface area contributed by atoms with E-state index in [0.29, 0.717) is 0 Å². The first kappa shape index (κ1) is 15.8. The van der Waals surface area contributed by atoms with Crippen molar-refractivity contribution in [1.82, 2.24) is 10.2 Å². The van der Waals surface area contributed by atoms with Crippen LogP contribution in [0.1, 0.15) is 83.5 Å². The highest BCUT2D eigenvalue weighted by Crippen LogP contribution is 2.31. The van der Waals surface area contributed by atoms with Crippen molar-refractivity contribution in [2.45, 2.75) is 95.6 Å². The van der Waals surface area contributed by atoms with Crippen LogP contribution in [0, 0.1) is 5.92 Å². The molecule has 1 aliphatic carbocycles. The number of hydrogen-bond acceptors (Lipinski definition) is 2. The van der Waals surface area contributed by atoms with E-state index in [4.69, 9.17) is 0 Å². The molecular formula is C19H36N2. The van der Waals surface area contributed by atoms with Crippen LogP contribution in [0.5, 0.6) is 0 Å². The number of fused-ring (bicyclic) bond motifs is 1. The predicted molar refractivity (Wildman–Crippen MR) is 90.7 cm³/mol. The van der Waals surface area contributed by atoms with Crippen LogP contribution >= 0.6 is 0 Å². The Hall–Kier alpha value is -0.0800. The van der Waals surface area contributed by atoms with Gasteiger partial charge in [-0.1, -0.05) is 57.8 Å². The van der Waals surface area contributed by atoms with Crippen LogP contribution in [-0.4, -0.2) is 36.6 Å². The quantitative estimate of drug-likeness (QED) is 0.773. The minimum atomic E-state index is 0.872. The van der Waals surface area contributed by atoms with Gasteiger partial charge in [0.1, 0.15) is 0 Å². The highest BCUT2D eigenvalue weighted by atomic mass is 15.2. The molecule has 3 aliphatic rings. The molecule has 21 heavy (non-hydrogen) atoms. The van der Waals surface area contributed by atoms with E-state index >= 15 is 0 Å². The number of hydrogen-bond donors (Lipinski definition) is 1. The van der Waals surface area contributed by atoms with Gasteiger partial charge in [-0.25, -0.2) is 0 Å². The minimum Gasteiger partial charge on any atom is -0.315 e. The van der Waals surface area contributed by atoms with Gasteiger partial charge in [0, 0.05) is 18.6 Å². The molecule has 3 rings (SSSR count). The van der Waals surface area contributed by atoms with E-state index in [9.17, 15) is 0 Å². The number of rotatable bonds is 1. The van der Waals surface area contributed by atoms with Gasteiger partial charge in [0.05, 0.1) is 0 Å². The van der Waals surface area contributed by atoms with E-state index in [-0.39, 0.29) is 0 Å². The average molecular weight is 293 g/mol. The van der Waals surface area contributed by atoms with E-state index in [1.165, 1.54) is 103 Å². The van der Waals surface area contributed by atoms with Gasteiger partial charge in [-0.15, -0.1) is 0 Å². The molecule has 2 atom stereocenters. The van der Waals surface area contributed by atoms with Gasteiger partial charge < -0.3 is 5.32 Å². The van der Waals surface area contributed by atoms with Crippen molar-refractivity contribution < 1.29 is 0 Å². The summed E-state index contributed by atoms with van der Waals surface area (Å²) in [7, 11) is 0. The summed E-state index contributed by atoms with van der Waals surface area (Å²) in [6.07, 6.45) is 19.2. The molecule has 1 saturated carbocycles. The van der Waals surface area contributed by atoms with Crippen LogP contribution < -0.4 is 5.32 Å². The lowest BCUT2D eigenvalue weighted by molar-refractivity contribution is 0.0653. The molecule has 2 aliphatic heterocycles. The van der Waals surface area contributed by atoms with Crippen molar-refractivity contribution in [3.8, 4) is 0 Å². The third-order valence-corrected chi connectivity index (χ3v) is 6.27. The van der Waals surface area contributed by atoms with Crippen molar-refractivity contribution >= 4 is 0 Å². The molecule has 0 aromatic rings. The Bertz CT molecular complexity index is 279. The van der Waals surface area contributed by atoms with Gasteiger partial charge in [-0.05, 0) is 44.7 Å². The molecule has 122 valence electrons. The van der Waals surface area contributed by atoms with Crippen LogP contribution in [0.15, 0.2) is 0 Å². The third kappa shape index (κ3) is 4.45. The van der Waals surface area contributed by atoms with E-state index in [1.807, 2.05) is 0 Å². The third-order valence-electron chi connectivity index (χ3n) is 6.27. The summed E-state index contributed by atoms with van der Waals surface area (Å²) >= 11 is 0. The summed E-state index contributed by atoms with van der Waals surface area (Å²) in [5.41, 5.74) is 0. The fraction of sp³-hybridized carbons (Fsp3) is 1.00. The number of nitrogens with one attached hydrogen (secondary N) is 1. The Morgan fingerprint density at radius 2 is 1.24 bits per heavy atom. The maximum atomic E-state index is 3.66. The lowest BCUT2D eigenvalue weighted by Crippen LogP contribution is -2.50.